The van der Waals surface area contributed by atoms with Crippen molar-refractivity contribution in [2.45, 2.75) is 12.6 Å². The lowest BCUT2D eigenvalue weighted by atomic mass is 10.1. The minimum Gasteiger partial charge on any atom is -0.315 e. The second kappa shape index (κ2) is 3.52. The lowest BCUT2D eigenvalue weighted by molar-refractivity contribution is 0.216. The molecule has 66 valence electrons. The van der Waals surface area contributed by atoms with E-state index >= 15 is 0 Å². The van der Waals surface area contributed by atoms with E-state index in [0.29, 0.717) is 5.92 Å². The third-order valence-electron chi connectivity index (χ3n) is 2.51. The summed E-state index contributed by atoms with van der Waals surface area (Å²) < 4.78 is 0. The van der Waals surface area contributed by atoms with Crippen LogP contribution in [0.2, 0.25) is 0 Å². The molecule has 3 nitrogen and oxygen atoms in total. The molecule has 0 amide bonds. The molecule has 11 heavy (non-hydrogen) atoms. The standard InChI is InChI=1S/C8H19N3/c1-10(2)8(9)7-4-5-11(3)6-7/h7-8H,4-6,9H2,1-3H3. The van der Waals surface area contributed by atoms with Gasteiger partial charge >= 0.3 is 0 Å². The molecular formula is C8H19N3. The maximum atomic E-state index is 5.98. The molecule has 0 aromatic heterocycles. The Morgan fingerprint density at radius 3 is 2.55 bits per heavy atom. The minimum atomic E-state index is 0.236. The quantitative estimate of drug-likeness (QED) is 0.563. The average molecular weight is 157 g/mol. The highest BCUT2D eigenvalue weighted by Gasteiger charge is 2.26. The molecule has 1 heterocycles. The largest absolute Gasteiger partial charge is 0.315 e. The van der Waals surface area contributed by atoms with Crippen molar-refractivity contribution in [3.8, 4) is 0 Å². The topological polar surface area (TPSA) is 32.5 Å². The highest BCUT2D eigenvalue weighted by atomic mass is 15.2. The minimum absolute atomic E-state index is 0.236. The van der Waals surface area contributed by atoms with Crippen molar-refractivity contribution in [3.05, 3.63) is 0 Å². The van der Waals surface area contributed by atoms with Crippen molar-refractivity contribution < 1.29 is 0 Å². The van der Waals surface area contributed by atoms with Gasteiger partial charge in [0.15, 0.2) is 0 Å². The van der Waals surface area contributed by atoms with E-state index in [0.717, 1.165) is 6.54 Å². The van der Waals surface area contributed by atoms with Crippen LogP contribution in [0.1, 0.15) is 6.42 Å². The van der Waals surface area contributed by atoms with E-state index in [1.807, 2.05) is 14.1 Å². The van der Waals surface area contributed by atoms with Crippen molar-refractivity contribution in [2.24, 2.45) is 11.7 Å². The van der Waals surface area contributed by atoms with Crippen molar-refractivity contribution in [1.29, 1.82) is 0 Å². The molecule has 0 aromatic rings. The molecule has 1 aliphatic rings. The van der Waals surface area contributed by atoms with Gasteiger partial charge in [0.25, 0.3) is 0 Å². The molecule has 0 radical (unpaired) electrons. The summed E-state index contributed by atoms with van der Waals surface area (Å²) >= 11 is 0. The van der Waals surface area contributed by atoms with E-state index in [-0.39, 0.29) is 6.17 Å². The number of rotatable bonds is 2. The Balaban J connectivity index is 2.36. The Bertz CT molecular complexity index is 125. The summed E-state index contributed by atoms with van der Waals surface area (Å²) in [7, 11) is 6.24. The molecule has 1 aliphatic heterocycles. The molecule has 0 spiro atoms. The number of hydrogen-bond donors (Lipinski definition) is 1. The maximum Gasteiger partial charge on any atom is 0.0608 e. The molecule has 1 saturated heterocycles. The Morgan fingerprint density at radius 1 is 1.55 bits per heavy atom. The highest BCUT2D eigenvalue weighted by Crippen LogP contribution is 2.17. The van der Waals surface area contributed by atoms with Crippen molar-refractivity contribution in [3.63, 3.8) is 0 Å². The third kappa shape index (κ3) is 2.15. The summed E-state index contributed by atoms with van der Waals surface area (Å²) in [5.74, 6) is 0.662. The zero-order valence-electron chi connectivity index (χ0n) is 7.75. The predicted molar refractivity (Wildman–Crippen MR) is 47.3 cm³/mol. The van der Waals surface area contributed by atoms with Crippen LogP contribution in [0.3, 0.4) is 0 Å². The number of hydrogen-bond acceptors (Lipinski definition) is 3. The Hall–Kier alpha value is -0.120. The van der Waals surface area contributed by atoms with E-state index in [2.05, 4.69) is 16.8 Å². The van der Waals surface area contributed by atoms with Gasteiger partial charge in [-0.1, -0.05) is 0 Å². The Morgan fingerprint density at radius 2 is 2.18 bits per heavy atom. The molecule has 1 rings (SSSR count). The lowest BCUT2D eigenvalue weighted by Crippen LogP contribution is -2.43. The molecule has 0 aliphatic carbocycles. The molecule has 0 aromatic carbocycles. The Labute approximate surface area is 69.1 Å². The van der Waals surface area contributed by atoms with Crippen LogP contribution in [0.25, 0.3) is 0 Å². The van der Waals surface area contributed by atoms with Crippen LogP contribution >= 0.6 is 0 Å². The molecule has 2 unspecified atom stereocenters. The third-order valence-corrected chi connectivity index (χ3v) is 2.51. The summed E-state index contributed by atoms with van der Waals surface area (Å²) in [6.07, 6.45) is 1.48. The van der Waals surface area contributed by atoms with Crippen LogP contribution in [-0.4, -0.2) is 50.2 Å². The molecule has 3 heteroatoms. The fourth-order valence-electron chi connectivity index (χ4n) is 1.67. The summed E-state index contributed by atoms with van der Waals surface area (Å²) in [5, 5.41) is 0. The van der Waals surface area contributed by atoms with Crippen LogP contribution in [0.15, 0.2) is 0 Å². The smallest absolute Gasteiger partial charge is 0.0608 e. The average Bonchev–Trinajstić information content (AvgIpc) is 2.34. The van der Waals surface area contributed by atoms with Crippen molar-refractivity contribution >= 4 is 0 Å². The molecule has 1 fully saturated rings. The number of nitrogens with zero attached hydrogens (tertiary/aromatic N) is 2. The van der Waals surface area contributed by atoms with E-state index in [4.69, 9.17) is 5.73 Å². The summed E-state index contributed by atoms with van der Waals surface area (Å²) in [6.45, 7) is 2.35. The normalized spacial score (nSPS) is 29.7. The lowest BCUT2D eigenvalue weighted by Gasteiger charge is -2.25. The fraction of sp³-hybridized carbons (Fsp3) is 1.00. The Kier molecular flexibility index (Phi) is 2.87. The molecule has 2 atom stereocenters. The second-order valence-corrected chi connectivity index (χ2v) is 3.77. The van der Waals surface area contributed by atoms with Crippen LogP contribution in [0, 0.1) is 5.92 Å². The van der Waals surface area contributed by atoms with Crippen molar-refractivity contribution in [1.82, 2.24) is 9.80 Å². The van der Waals surface area contributed by atoms with Gasteiger partial charge in [0.05, 0.1) is 6.17 Å². The first kappa shape index (κ1) is 8.97. The summed E-state index contributed by atoms with van der Waals surface area (Å²) in [4.78, 5) is 4.44. The SMILES string of the molecule is CN1CCC(C(N)N(C)C)C1. The van der Waals surface area contributed by atoms with Gasteiger partial charge in [-0.15, -0.1) is 0 Å². The van der Waals surface area contributed by atoms with Gasteiger partial charge in [0, 0.05) is 12.5 Å². The molecule has 0 bridgehead atoms. The van der Waals surface area contributed by atoms with Crippen LogP contribution in [0.4, 0.5) is 0 Å². The summed E-state index contributed by atoms with van der Waals surface area (Å²) in [6, 6.07) is 0. The van der Waals surface area contributed by atoms with E-state index in [9.17, 15) is 0 Å². The molecule has 0 saturated carbocycles. The zero-order chi connectivity index (χ0) is 8.43. The van der Waals surface area contributed by atoms with Gasteiger partial charge in [-0.25, -0.2) is 0 Å². The highest BCUT2D eigenvalue weighted by molar-refractivity contribution is 4.79. The van der Waals surface area contributed by atoms with Crippen LogP contribution < -0.4 is 5.73 Å². The predicted octanol–water partition coefficient (Wildman–Crippen LogP) is -0.215. The van der Waals surface area contributed by atoms with E-state index in [1.54, 1.807) is 0 Å². The zero-order valence-corrected chi connectivity index (χ0v) is 7.75. The van der Waals surface area contributed by atoms with Crippen molar-refractivity contribution in [2.75, 3.05) is 34.2 Å². The van der Waals surface area contributed by atoms with Gasteiger partial charge in [0.1, 0.15) is 0 Å². The first-order valence-electron chi connectivity index (χ1n) is 4.22. The van der Waals surface area contributed by atoms with Gasteiger partial charge in [-0.2, -0.15) is 0 Å². The summed E-state index contributed by atoms with van der Waals surface area (Å²) in [5.41, 5.74) is 5.98. The van der Waals surface area contributed by atoms with Gasteiger partial charge in [-0.3, -0.25) is 4.90 Å². The van der Waals surface area contributed by atoms with E-state index < -0.39 is 0 Å². The van der Waals surface area contributed by atoms with Gasteiger partial charge in [0.2, 0.25) is 0 Å². The molecular weight excluding hydrogens is 138 g/mol. The number of likely N-dealkylation sites (tertiary alicyclic amines) is 1. The van der Waals surface area contributed by atoms with Crippen LogP contribution in [-0.2, 0) is 0 Å². The maximum absolute atomic E-state index is 5.98. The van der Waals surface area contributed by atoms with E-state index in [1.165, 1.54) is 13.0 Å². The molecule has 2 N–H and O–H groups in total. The monoisotopic (exact) mass is 157 g/mol. The van der Waals surface area contributed by atoms with Gasteiger partial charge < -0.3 is 10.6 Å². The first-order valence-corrected chi connectivity index (χ1v) is 4.22. The first-order chi connectivity index (χ1) is 5.11. The second-order valence-electron chi connectivity index (χ2n) is 3.77. The fourth-order valence-corrected chi connectivity index (χ4v) is 1.67. The van der Waals surface area contributed by atoms with Gasteiger partial charge in [-0.05, 0) is 34.1 Å². The van der Waals surface area contributed by atoms with Crippen LogP contribution in [0.5, 0.6) is 0 Å². The number of nitrogens with two attached hydrogens (primary N) is 1.